The molecule has 1 heterocycles. The van der Waals surface area contributed by atoms with Gasteiger partial charge in [0.05, 0.1) is 20.3 Å². The number of ether oxygens (including phenoxy) is 2. The molecule has 1 aliphatic heterocycles. The molecule has 2 amide bonds. The first-order valence-electron chi connectivity index (χ1n) is 9.69. The number of carbonyl (C=O) groups is 2. The van der Waals surface area contributed by atoms with Gasteiger partial charge in [-0.25, -0.2) is 4.39 Å². The summed E-state index contributed by atoms with van der Waals surface area (Å²) in [5.74, 6) is -0.313. The minimum atomic E-state index is -0.661. The van der Waals surface area contributed by atoms with Gasteiger partial charge in [0, 0.05) is 16.8 Å². The van der Waals surface area contributed by atoms with E-state index in [0.717, 1.165) is 5.56 Å². The minimum Gasteiger partial charge on any atom is -0.493 e. The van der Waals surface area contributed by atoms with Gasteiger partial charge in [0.25, 0.3) is 5.91 Å². The Morgan fingerprint density at radius 1 is 1.00 bits per heavy atom. The lowest BCUT2D eigenvalue weighted by atomic mass is 9.95. The highest BCUT2D eigenvalue weighted by atomic mass is 19.1. The summed E-state index contributed by atoms with van der Waals surface area (Å²) in [6.45, 7) is -0.191. The van der Waals surface area contributed by atoms with E-state index in [9.17, 15) is 14.0 Å². The van der Waals surface area contributed by atoms with Gasteiger partial charge in [0.15, 0.2) is 11.5 Å². The molecule has 3 aromatic rings. The van der Waals surface area contributed by atoms with Crippen molar-refractivity contribution in [2.75, 3.05) is 26.1 Å². The number of carbonyl (C=O) groups excluding carboxylic acids is 2. The smallest absolute Gasteiger partial charge is 0.255 e. The minimum absolute atomic E-state index is 0.191. The first-order chi connectivity index (χ1) is 15.0. The third-order valence-corrected chi connectivity index (χ3v) is 5.21. The second kappa shape index (κ2) is 8.47. The van der Waals surface area contributed by atoms with Gasteiger partial charge in [-0.1, -0.05) is 30.3 Å². The van der Waals surface area contributed by atoms with Crippen LogP contribution < -0.4 is 14.8 Å². The summed E-state index contributed by atoms with van der Waals surface area (Å²) in [4.78, 5) is 27.7. The van der Waals surface area contributed by atoms with E-state index >= 15 is 0 Å². The summed E-state index contributed by atoms with van der Waals surface area (Å²) < 4.78 is 24.8. The fourth-order valence-corrected chi connectivity index (χ4v) is 3.80. The van der Waals surface area contributed by atoms with Gasteiger partial charge in [-0.3, -0.25) is 9.59 Å². The van der Waals surface area contributed by atoms with Gasteiger partial charge < -0.3 is 19.7 Å². The molecule has 4 rings (SSSR count). The van der Waals surface area contributed by atoms with Crippen molar-refractivity contribution in [1.29, 1.82) is 0 Å². The van der Waals surface area contributed by atoms with Crippen LogP contribution in [0.5, 0.6) is 11.5 Å². The van der Waals surface area contributed by atoms with Crippen LogP contribution in [0.15, 0.2) is 66.7 Å². The van der Waals surface area contributed by atoms with Gasteiger partial charge in [-0.05, 0) is 42.0 Å². The molecule has 1 aliphatic rings. The van der Waals surface area contributed by atoms with Gasteiger partial charge in [-0.2, -0.15) is 0 Å². The zero-order valence-electron chi connectivity index (χ0n) is 17.1. The highest BCUT2D eigenvalue weighted by Crippen LogP contribution is 2.37. The monoisotopic (exact) mass is 420 g/mol. The van der Waals surface area contributed by atoms with Crippen molar-refractivity contribution < 1.29 is 23.5 Å². The van der Waals surface area contributed by atoms with Crippen LogP contribution in [-0.4, -0.2) is 37.5 Å². The SMILES string of the molecule is COc1ccc(C(=O)N2CC(=O)Nc3ccc(F)cc3[C@H]2c2ccccc2)cc1OC. The second-order valence-corrected chi connectivity index (χ2v) is 7.10. The molecule has 0 aromatic heterocycles. The number of nitrogens with zero attached hydrogens (tertiary/aromatic N) is 1. The van der Waals surface area contributed by atoms with Gasteiger partial charge >= 0.3 is 0 Å². The Bertz CT molecular complexity index is 1130. The van der Waals surface area contributed by atoms with E-state index in [1.165, 1.54) is 37.3 Å². The molecule has 0 spiro atoms. The van der Waals surface area contributed by atoms with Crippen LogP contribution in [0.1, 0.15) is 27.5 Å². The zero-order chi connectivity index (χ0) is 22.0. The molecule has 158 valence electrons. The number of rotatable bonds is 4. The molecule has 3 aromatic carbocycles. The number of fused-ring (bicyclic) bond motifs is 1. The molecule has 31 heavy (non-hydrogen) atoms. The standard InChI is InChI=1S/C24H21FN2O4/c1-30-20-11-8-16(12-21(20)31-2)24(29)27-14-22(28)26-19-10-9-17(25)13-18(19)23(27)15-6-4-3-5-7-15/h3-13,23H,14H2,1-2H3,(H,26,28)/t23-/m1/s1. The van der Waals surface area contributed by atoms with Crippen LogP contribution in [0.2, 0.25) is 0 Å². The van der Waals surface area contributed by atoms with Crippen LogP contribution in [-0.2, 0) is 4.79 Å². The average molecular weight is 420 g/mol. The van der Waals surface area contributed by atoms with Gasteiger partial charge in [-0.15, -0.1) is 0 Å². The van der Waals surface area contributed by atoms with Crippen LogP contribution in [0.3, 0.4) is 0 Å². The summed E-state index contributed by atoms with van der Waals surface area (Å²) >= 11 is 0. The first-order valence-corrected chi connectivity index (χ1v) is 9.69. The predicted octanol–water partition coefficient (Wildman–Crippen LogP) is 4.03. The zero-order valence-corrected chi connectivity index (χ0v) is 17.1. The second-order valence-electron chi connectivity index (χ2n) is 7.10. The third kappa shape index (κ3) is 3.94. The van der Waals surface area contributed by atoms with E-state index in [1.807, 2.05) is 30.3 Å². The lowest BCUT2D eigenvalue weighted by Gasteiger charge is -2.30. The van der Waals surface area contributed by atoms with Crippen molar-refractivity contribution in [3.05, 3.63) is 89.2 Å². The number of anilines is 1. The van der Waals surface area contributed by atoms with E-state index in [1.54, 1.807) is 18.2 Å². The van der Waals surface area contributed by atoms with Crippen LogP contribution in [0, 0.1) is 5.82 Å². The fourth-order valence-electron chi connectivity index (χ4n) is 3.80. The number of hydrogen-bond donors (Lipinski definition) is 1. The summed E-state index contributed by atoms with van der Waals surface area (Å²) in [5.41, 5.74) is 2.07. The number of methoxy groups -OCH3 is 2. The number of nitrogens with one attached hydrogen (secondary N) is 1. The Labute approximate surface area is 179 Å². The molecule has 0 saturated heterocycles. The maximum Gasteiger partial charge on any atom is 0.255 e. The average Bonchev–Trinajstić information content (AvgIpc) is 2.94. The van der Waals surface area contributed by atoms with E-state index in [2.05, 4.69) is 5.32 Å². The quantitative estimate of drug-likeness (QED) is 0.692. The molecule has 6 nitrogen and oxygen atoms in total. The van der Waals surface area contributed by atoms with Gasteiger partial charge in [0.2, 0.25) is 5.91 Å². The van der Waals surface area contributed by atoms with E-state index in [0.29, 0.717) is 28.3 Å². The Balaban J connectivity index is 1.86. The molecule has 0 radical (unpaired) electrons. The molecule has 0 aliphatic carbocycles. The largest absolute Gasteiger partial charge is 0.493 e. The molecule has 0 saturated carbocycles. The van der Waals surface area contributed by atoms with Crippen LogP contribution in [0.4, 0.5) is 10.1 Å². The van der Waals surface area contributed by atoms with Crippen LogP contribution >= 0.6 is 0 Å². The fraction of sp³-hybridized carbons (Fsp3) is 0.167. The van der Waals surface area contributed by atoms with Crippen molar-refractivity contribution in [2.45, 2.75) is 6.04 Å². The molecule has 7 heteroatoms. The highest BCUT2D eigenvalue weighted by molar-refractivity contribution is 6.01. The summed E-state index contributed by atoms with van der Waals surface area (Å²) in [6, 6.07) is 17.6. The van der Waals surface area contributed by atoms with Crippen molar-refractivity contribution >= 4 is 17.5 Å². The van der Waals surface area contributed by atoms with Crippen LogP contribution in [0.25, 0.3) is 0 Å². The first kappa shape index (κ1) is 20.4. The number of hydrogen-bond acceptors (Lipinski definition) is 4. The maximum absolute atomic E-state index is 14.2. The normalized spacial score (nSPS) is 15.5. The molecular formula is C24H21FN2O4. The lowest BCUT2D eigenvalue weighted by molar-refractivity contribution is -0.117. The van der Waals surface area contributed by atoms with E-state index in [4.69, 9.17) is 9.47 Å². The molecular weight excluding hydrogens is 399 g/mol. The molecule has 0 fully saturated rings. The Morgan fingerprint density at radius 2 is 1.74 bits per heavy atom. The third-order valence-electron chi connectivity index (χ3n) is 5.21. The van der Waals surface area contributed by atoms with Crippen molar-refractivity contribution in [3.63, 3.8) is 0 Å². The molecule has 0 unspecified atom stereocenters. The van der Waals surface area contributed by atoms with Gasteiger partial charge in [0.1, 0.15) is 12.4 Å². The highest BCUT2D eigenvalue weighted by Gasteiger charge is 2.34. The Morgan fingerprint density at radius 3 is 2.45 bits per heavy atom. The summed E-state index contributed by atoms with van der Waals surface area (Å²) in [7, 11) is 2.99. The number of amides is 2. The Kier molecular flexibility index (Phi) is 5.58. The van der Waals surface area contributed by atoms with E-state index in [-0.39, 0.29) is 18.4 Å². The predicted molar refractivity (Wildman–Crippen MR) is 114 cm³/mol. The maximum atomic E-state index is 14.2. The van der Waals surface area contributed by atoms with E-state index < -0.39 is 11.9 Å². The number of benzene rings is 3. The Hall–Kier alpha value is -3.87. The van der Waals surface area contributed by atoms with Crippen molar-refractivity contribution in [3.8, 4) is 11.5 Å². The van der Waals surface area contributed by atoms with Crippen molar-refractivity contribution in [2.24, 2.45) is 0 Å². The summed E-state index contributed by atoms with van der Waals surface area (Å²) in [5, 5.41) is 2.78. The molecule has 0 bridgehead atoms. The topological polar surface area (TPSA) is 67.9 Å². The lowest BCUT2D eigenvalue weighted by Crippen LogP contribution is -2.39. The molecule has 1 N–H and O–H groups in total. The number of halogens is 1. The van der Waals surface area contributed by atoms with Crippen molar-refractivity contribution in [1.82, 2.24) is 4.90 Å². The molecule has 1 atom stereocenters. The summed E-state index contributed by atoms with van der Waals surface area (Å²) in [6.07, 6.45) is 0.